The molecule has 1 unspecified atom stereocenters. The van der Waals surface area contributed by atoms with E-state index in [1.165, 1.54) is 6.07 Å². The van der Waals surface area contributed by atoms with Crippen LogP contribution in [0.1, 0.15) is 12.8 Å². The molecule has 1 aliphatic rings. The lowest BCUT2D eigenvalue weighted by molar-refractivity contribution is -0.383. The van der Waals surface area contributed by atoms with Crippen LogP contribution in [0, 0.1) is 10.1 Å². The highest BCUT2D eigenvalue weighted by Crippen LogP contribution is 2.31. The molecule has 7 heteroatoms. The summed E-state index contributed by atoms with van der Waals surface area (Å²) >= 11 is 0. The van der Waals surface area contributed by atoms with Crippen LogP contribution in [0.5, 0.6) is 0 Å². The third-order valence-electron chi connectivity index (χ3n) is 3.65. The van der Waals surface area contributed by atoms with Gasteiger partial charge in [-0.05, 0) is 26.0 Å². The molecule has 7 nitrogen and oxygen atoms in total. The molecule has 1 N–H and O–H groups in total. The zero-order chi connectivity index (χ0) is 14.1. The number of aromatic nitrogens is 1. The first-order valence-electron chi connectivity index (χ1n) is 6.66. The largest absolute Gasteiger partial charge is 0.423 e. The molecule has 1 aromatic heterocycles. The van der Waals surface area contributed by atoms with Crippen LogP contribution in [0.3, 0.4) is 0 Å². The zero-order valence-electron chi connectivity index (χ0n) is 11.2. The summed E-state index contributed by atoms with van der Waals surface area (Å²) in [5, 5.41) is 14.2. The van der Waals surface area contributed by atoms with Gasteiger partial charge in [-0.1, -0.05) is 6.07 Å². The van der Waals surface area contributed by atoms with Crippen LogP contribution in [0.4, 0.5) is 11.7 Å². The van der Waals surface area contributed by atoms with Gasteiger partial charge in [0.15, 0.2) is 11.1 Å². The smallest absolute Gasteiger partial charge is 0.298 e. The molecule has 1 fully saturated rings. The molecule has 1 saturated heterocycles. The second kappa shape index (κ2) is 5.09. The standard InChI is InChI=1S/C13H16N4O3/c1-14-8-9-4-3-7-16(9)13-15-12-10(17(18)19)5-2-6-11(12)20-13/h2,5-6,9,14H,3-4,7-8H2,1H3. The lowest BCUT2D eigenvalue weighted by Crippen LogP contribution is -2.36. The van der Waals surface area contributed by atoms with Crippen LogP contribution < -0.4 is 10.2 Å². The van der Waals surface area contributed by atoms with Crippen molar-refractivity contribution in [3.8, 4) is 0 Å². The van der Waals surface area contributed by atoms with Crippen molar-refractivity contribution >= 4 is 22.8 Å². The number of rotatable bonds is 4. The predicted octanol–water partition coefficient (Wildman–Crippen LogP) is 1.92. The molecule has 0 radical (unpaired) electrons. The Balaban J connectivity index is 2.00. The minimum atomic E-state index is -0.427. The zero-order valence-corrected chi connectivity index (χ0v) is 11.2. The number of nitro benzene ring substituents is 1. The van der Waals surface area contributed by atoms with Crippen molar-refractivity contribution in [3.63, 3.8) is 0 Å². The number of benzene rings is 1. The Bertz CT molecular complexity index is 640. The first-order chi connectivity index (χ1) is 9.70. The highest BCUT2D eigenvalue weighted by Gasteiger charge is 2.29. The second-order valence-corrected chi connectivity index (χ2v) is 4.92. The number of fused-ring (bicyclic) bond motifs is 1. The summed E-state index contributed by atoms with van der Waals surface area (Å²) in [6.07, 6.45) is 2.15. The summed E-state index contributed by atoms with van der Waals surface area (Å²) in [4.78, 5) is 17.0. The molecule has 2 heterocycles. The van der Waals surface area contributed by atoms with Crippen LogP contribution in [-0.4, -0.2) is 36.1 Å². The van der Waals surface area contributed by atoms with Crippen molar-refractivity contribution in [2.75, 3.05) is 25.0 Å². The van der Waals surface area contributed by atoms with Crippen molar-refractivity contribution in [1.82, 2.24) is 10.3 Å². The maximum absolute atomic E-state index is 11.0. The fraction of sp³-hybridized carbons (Fsp3) is 0.462. The maximum atomic E-state index is 11.0. The maximum Gasteiger partial charge on any atom is 0.298 e. The van der Waals surface area contributed by atoms with Crippen LogP contribution in [-0.2, 0) is 0 Å². The second-order valence-electron chi connectivity index (χ2n) is 4.92. The molecule has 20 heavy (non-hydrogen) atoms. The fourth-order valence-corrected chi connectivity index (χ4v) is 2.73. The Morgan fingerprint density at radius 3 is 3.20 bits per heavy atom. The van der Waals surface area contributed by atoms with Gasteiger partial charge in [0.2, 0.25) is 0 Å². The van der Waals surface area contributed by atoms with Crippen molar-refractivity contribution in [3.05, 3.63) is 28.3 Å². The minimum absolute atomic E-state index is 0.0122. The molecule has 2 aromatic rings. The normalized spacial score (nSPS) is 18.9. The van der Waals surface area contributed by atoms with Crippen molar-refractivity contribution in [2.45, 2.75) is 18.9 Å². The molecular weight excluding hydrogens is 260 g/mol. The average Bonchev–Trinajstić information content (AvgIpc) is 3.03. The van der Waals surface area contributed by atoms with E-state index in [1.807, 2.05) is 7.05 Å². The number of hydrogen-bond donors (Lipinski definition) is 1. The van der Waals surface area contributed by atoms with Gasteiger partial charge in [-0.3, -0.25) is 10.1 Å². The molecule has 106 valence electrons. The van der Waals surface area contributed by atoms with Gasteiger partial charge in [0.1, 0.15) is 0 Å². The van der Waals surface area contributed by atoms with E-state index in [-0.39, 0.29) is 5.69 Å². The first kappa shape index (κ1) is 12.9. The number of non-ortho nitro benzene ring substituents is 1. The third-order valence-corrected chi connectivity index (χ3v) is 3.65. The number of nitrogens with zero attached hydrogens (tertiary/aromatic N) is 3. The highest BCUT2D eigenvalue weighted by molar-refractivity contribution is 5.84. The van der Waals surface area contributed by atoms with E-state index < -0.39 is 4.92 Å². The van der Waals surface area contributed by atoms with Gasteiger partial charge in [-0.25, -0.2) is 0 Å². The van der Waals surface area contributed by atoms with Crippen molar-refractivity contribution in [2.24, 2.45) is 0 Å². The molecule has 0 bridgehead atoms. The van der Waals surface area contributed by atoms with Crippen LogP contribution >= 0.6 is 0 Å². The van der Waals surface area contributed by atoms with Crippen molar-refractivity contribution < 1.29 is 9.34 Å². The number of nitrogens with one attached hydrogen (secondary N) is 1. The van der Waals surface area contributed by atoms with Crippen LogP contribution in [0.15, 0.2) is 22.6 Å². The summed E-state index contributed by atoms with van der Waals surface area (Å²) in [6.45, 7) is 1.72. The number of anilines is 1. The monoisotopic (exact) mass is 276 g/mol. The van der Waals surface area contributed by atoms with Crippen LogP contribution in [0.25, 0.3) is 11.1 Å². The average molecular weight is 276 g/mol. The number of nitro groups is 1. The lowest BCUT2D eigenvalue weighted by atomic mass is 10.2. The first-order valence-corrected chi connectivity index (χ1v) is 6.66. The molecule has 0 spiro atoms. The van der Waals surface area contributed by atoms with Gasteiger partial charge in [0, 0.05) is 25.2 Å². The van der Waals surface area contributed by atoms with E-state index in [9.17, 15) is 10.1 Å². The Morgan fingerprint density at radius 1 is 1.60 bits per heavy atom. The van der Waals surface area contributed by atoms with Crippen molar-refractivity contribution in [1.29, 1.82) is 0 Å². The fourth-order valence-electron chi connectivity index (χ4n) is 2.73. The van der Waals surface area contributed by atoms with Gasteiger partial charge in [0.05, 0.1) is 4.92 Å². The van der Waals surface area contributed by atoms with Gasteiger partial charge in [-0.2, -0.15) is 4.98 Å². The molecule has 1 aliphatic heterocycles. The van der Waals surface area contributed by atoms with Gasteiger partial charge in [-0.15, -0.1) is 0 Å². The summed E-state index contributed by atoms with van der Waals surface area (Å²) in [7, 11) is 1.91. The third kappa shape index (κ3) is 2.09. The van der Waals surface area contributed by atoms with E-state index in [2.05, 4.69) is 15.2 Å². The molecule has 0 aliphatic carbocycles. The summed E-state index contributed by atoms with van der Waals surface area (Å²) < 4.78 is 5.70. The van der Waals surface area contributed by atoms with Gasteiger partial charge >= 0.3 is 0 Å². The molecular formula is C13H16N4O3. The SMILES string of the molecule is CNCC1CCCN1c1nc2c([N+](=O)[O-])cccc2o1. The molecule has 1 atom stereocenters. The van der Waals surface area contributed by atoms with E-state index in [0.29, 0.717) is 23.2 Å². The highest BCUT2D eigenvalue weighted by atomic mass is 16.6. The van der Waals surface area contributed by atoms with E-state index >= 15 is 0 Å². The molecule has 0 saturated carbocycles. The minimum Gasteiger partial charge on any atom is -0.423 e. The molecule has 3 rings (SSSR count). The Morgan fingerprint density at radius 2 is 2.45 bits per heavy atom. The number of likely N-dealkylation sites (N-methyl/N-ethyl adjacent to an activating group) is 1. The number of para-hydroxylation sites is 1. The van der Waals surface area contributed by atoms with Crippen LogP contribution in [0.2, 0.25) is 0 Å². The van der Waals surface area contributed by atoms with E-state index in [0.717, 1.165) is 25.9 Å². The Labute approximate surface area is 115 Å². The van der Waals surface area contributed by atoms with E-state index in [4.69, 9.17) is 4.42 Å². The summed E-state index contributed by atoms with van der Waals surface area (Å²) in [5.74, 6) is 0. The summed E-state index contributed by atoms with van der Waals surface area (Å²) in [6, 6.07) is 5.58. The van der Waals surface area contributed by atoms with E-state index in [1.54, 1.807) is 12.1 Å². The van der Waals surface area contributed by atoms with Gasteiger partial charge < -0.3 is 14.6 Å². The molecule has 0 amide bonds. The molecule has 1 aromatic carbocycles. The van der Waals surface area contributed by atoms with Gasteiger partial charge in [0.25, 0.3) is 11.7 Å². The Kier molecular flexibility index (Phi) is 3.27. The predicted molar refractivity (Wildman–Crippen MR) is 75.0 cm³/mol. The summed E-state index contributed by atoms with van der Waals surface area (Å²) in [5.41, 5.74) is 0.772. The number of hydrogen-bond acceptors (Lipinski definition) is 6. The number of oxazole rings is 1. The Hall–Kier alpha value is -2.15. The quantitative estimate of drug-likeness (QED) is 0.678. The topological polar surface area (TPSA) is 84.4 Å². The lowest BCUT2D eigenvalue weighted by Gasteiger charge is -2.22.